The van der Waals surface area contributed by atoms with Crippen molar-refractivity contribution >= 4 is 22.8 Å². The van der Waals surface area contributed by atoms with Gasteiger partial charge < -0.3 is 14.9 Å². The topological polar surface area (TPSA) is 127 Å². The lowest BCUT2D eigenvalue weighted by Gasteiger charge is -2.07. The number of amides is 1. The van der Waals surface area contributed by atoms with Crippen molar-refractivity contribution in [1.82, 2.24) is 32.6 Å². The summed E-state index contributed by atoms with van der Waals surface area (Å²) in [5.41, 5.74) is 6.40. The quantitative estimate of drug-likeness (QED) is 0.470. The fraction of sp³-hybridized carbons (Fsp3) is 0.389. The maximum Gasteiger partial charge on any atom is 0.332 e. The van der Waals surface area contributed by atoms with E-state index in [0.717, 1.165) is 28.9 Å². The van der Waals surface area contributed by atoms with E-state index in [2.05, 4.69) is 9.97 Å². The van der Waals surface area contributed by atoms with Crippen LogP contribution >= 0.6 is 0 Å². The molecule has 1 amide bonds. The Morgan fingerprint density at radius 3 is 2.55 bits per heavy atom. The summed E-state index contributed by atoms with van der Waals surface area (Å²) in [7, 11) is 1.53. The van der Waals surface area contributed by atoms with E-state index in [4.69, 9.17) is 5.73 Å². The van der Waals surface area contributed by atoms with Gasteiger partial charge in [0.1, 0.15) is 6.54 Å². The molecule has 0 fully saturated rings. The first-order valence-electron chi connectivity index (χ1n) is 9.23. The molecular weight excluding hydrogens is 376 g/mol. The SMILES string of the molecule is Cc1c(C)n2c3c(=O)n(CC(N)=O)c(=O)n(C)c3nc2n1CCCn1ccnc1. The molecule has 0 saturated carbocycles. The molecule has 0 aliphatic rings. The zero-order valence-corrected chi connectivity index (χ0v) is 16.5. The number of rotatable bonds is 6. The monoisotopic (exact) mass is 398 g/mol. The largest absolute Gasteiger partial charge is 0.368 e. The number of nitrogens with two attached hydrogens (primary N) is 1. The minimum Gasteiger partial charge on any atom is -0.368 e. The second-order valence-electron chi connectivity index (χ2n) is 7.10. The third kappa shape index (κ3) is 2.85. The van der Waals surface area contributed by atoms with Crippen LogP contribution in [0.1, 0.15) is 17.8 Å². The summed E-state index contributed by atoms with van der Waals surface area (Å²) in [5.74, 6) is -0.168. The molecule has 4 heterocycles. The van der Waals surface area contributed by atoms with Gasteiger partial charge >= 0.3 is 5.69 Å². The lowest BCUT2D eigenvalue weighted by atomic mass is 10.3. The van der Waals surface area contributed by atoms with Crippen LogP contribution in [0.4, 0.5) is 0 Å². The van der Waals surface area contributed by atoms with Crippen molar-refractivity contribution in [3.05, 3.63) is 50.9 Å². The molecule has 4 aromatic heterocycles. The lowest BCUT2D eigenvalue weighted by molar-refractivity contribution is -0.118. The van der Waals surface area contributed by atoms with E-state index in [9.17, 15) is 14.4 Å². The number of primary amides is 1. The van der Waals surface area contributed by atoms with E-state index in [1.54, 1.807) is 16.9 Å². The molecule has 4 aromatic rings. The number of imidazole rings is 3. The van der Waals surface area contributed by atoms with Gasteiger partial charge in [0.05, 0.1) is 6.33 Å². The Morgan fingerprint density at radius 2 is 1.90 bits per heavy atom. The molecule has 0 spiro atoms. The maximum atomic E-state index is 13.0. The van der Waals surface area contributed by atoms with E-state index in [0.29, 0.717) is 12.3 Å². The third-order valence-electron chi connectivity index (χ3n) is 5.30. The Balaban J connectivity index is 1.88. The van der Waals surface area contributed by atoms with Gasteiger partial charge in [0.25, 0.3) is 5.56 Å². The minimum absolute atomic E-state index is 0.261. The summed E-state index contributed by atoms with van der Waals surface area (Å²) >= 11 is 0. The second kappa shape index (κ2) is 6.76. The highest BCUT2D eigenvalue weighted by Gasteiger charge is 2.22. The maximum absolute atomic E-state index is 13.0. The summed E-state index contributed by atoms with van der Waals surface area (Å²) in [6.45, 7) is 4.88. The molecule has 152 valence electrons. The van der Waals surface area contributed by atoms with Gasteiger partial charge in [-0.1, -0.05) is 0 Å². The minimum atomic E-state index is -0.755. The smallest absolute Gasteiger partial charge is 0.332 e. The van der Waals surface area contributed by atoms with Crippen LogP contribution in [-0.4, -0.2) is 38.5 Å². The summed E-state index contributed by atoms with van der Waals surface area (Å²) < 4.78 is 7.91. The van der Waals surface area contributed by atoms with Crippen molar-refractivity contribution in [2.45, 2.75) is 39.9 Å². The van der Waals surface area contributed by atoms with Crippen molar-refractivity contribution in [2.24, 2.45) is 12.8 Å². The van der Waals surface area contributed by atoms with Gasteiger partial charge in [0.2, 0.25) is 11.7 Å². The van der Waals surface area contributed by atoms with Crippen LogP contribution in [0, 0.1) is 13.8 Å². The number of hydrogen-bond donors (Lipinski definition) is 1. The van der Waals surface area contributed by atoms with E-state index < -0.39 is 23.7 Å². The number of carbonyl (C=O) groups excluding carboxylic acids is 1. The number of aryl methyl sites for hydroxylation is 4. The molecule has 0 atom stereocenters. The second-order valence-corrected chi connectivity index (χ2v) is 7.10. The summed E-state index contributed by atoms with van der Waals surface area (Å²) in [6.07, 6.45) is 6.26. The molecular formula is C18H22N8O3. The van der Waals surface area contributed by atoms with E-state index in [1.807, 2.05) is 29.2 Å². The number of aromatic nitrogens is 7. The number of fused-ring (bicyclic) bond motifs is 3. The van der Waals surface area contributed by atoms with Gasteiger partial charge in [-0.05, 0) is 20.3 Å². The Kier molecular flexibility index (Phi) is 4.36. The summed E-state index contributed by atoms with van der Waals surface area (Å²) in [6, 6.07) is 0. The highest BCUT2D eigenvalue weighted by molar-refractivity contribution is 5.77. The molecule has 29 heavy (non-hydrogen) atoms. The third-order valence-corrected chi connectivity index (χ3v) is 5.30. The van der Waals surface area contributed by atoms with E-state index in [1.165, 1.54) is 11.6 Å². The van der Waals surface area contributed by atoms with Crippen LogP contribution in [0.2, 0.25) is 0 Å². The molecule has 0 saturated heterocycles. The standard InChI is InChI=1S/C18H22N8O3/c1-11-12(2)26-14-15(22(3)18(29)25(16(14)28)9-13(19)27)21-17(26)24(11)7-4-6-23-8-5-20-10-23/h5,8,10H,4,6-7,9H2,1-3H3,(H2,19,27). The van der Waals surface area contributed by atoms with Crippen LogP contribution in [0.15, 0.2) is 28.3 Å². The zero-order chi connectivity index (χ0) is 20.9. The first-order chi connectivity index (χ1) is 13.8. The molecule has 11 heteroatoms. The molecule has 0 radical (unpaired) electrons. The van der Waals surface area contributed by atoms with Gasteiger partial charge in [-0.2, -0.15) is 4.98 Å². The van der Waals surface area contributed by atoms with Gasteiger partial charge in [-0.3, -0.25) is 18.6 Å². The van der Waals surface area contributed by atoms with Gasteiger partial charge in [0.15, 0.2) is 11.2 Å². The predicted molar refractivity (Wildman–Crippen MR) is 106 cm³/mol. The van der Waals surface area contributed by atoms with Gasteiger partial charge in [0, 0.05) is 43.9 Å². The number of nitrogens with zero attached hydrogens (tertiary/aromatic N) is 7. The molecule has 11 nitrogen and oxygen atoms in total. The van der Waals surface area contributed by atoms with Crippen molar-refractivity contribution in [3.63, 3.8) is 0 Å². The van der Waals surface area contributed by atoms with Gasteiger partial charge in [-0.25, -0.2) is 14.3 Å². The number of carbonyl (C=O) groups is 1. The summed E-state index contributed by atoms with van der Waals surface area (Å²) in [5, 5.41) is 0. The normalized spacial score (nSPS) is 11.7. The molecule has 4 rings (SSSR count). The first-order valence-corrected chi connectivity index (χ1v) is 9.23. The van der Waals surface area contributed by atoms with Crippen molar-refractivity contribution in [3.8, 4) is 0 Å². The highest BCUT2D eigenvalue weighted by atomic mass is 16.2. The van der Waals surface area contributed by atoms with Gasteiger partial charge in [-0.15, -0.1) is 0 Å². The highest BCUT2D eigenvalue weighted by Crippen LogP contribution is 2.21. The molecule has 2 N–H and O–H groups in total. The van der Waals surface area contributed by atoms with Crippen LogP contribution in [0.3, 0.4) is 0 Å². The van der Waals surface area contributed by atoms with Crippen molar-refractivity contribution in [1.29, 1.82) is 0 Å². The fourth-order valence-electron chi connectivity index (χ4n) is 3.71. The Bertz CT molecular complexity index is 1350. The molecule has 0 aliphatic carbocycles. The molecule has 0 bridgehead atoms. The predicted octanol–water partition coefficient (Wildman–Crippen LogP) is -0.462. The van der Waals surface area contributed by atoms with Crippen LogP contribution in [-0.2, 0) is 31.5 Å². The molecule has 0 aliphatic heterocycles. The summed E-state index contributed by atoms with van der Waals surface area (Å²) in [4.78, 5) is 45.5. The van der Waals surface area contributed by atoms with Crippen LogP contribution in [0.5, 0.6) is 0 Å². The Morgan fingerprint density at radius 1 is 1.14 bits per heavy atom. The first kappa shape index (κ1) is 18.7. The van der Waals surface area contributed by atoms with Crippen LogP contribution < -0.4 is 17.0 Å². The van der Waals surface area contributed by atoms with Crippen molar-refractivity contribution < 1.29 is 4.79 Å². The fourth-order valence-corrected chi connectivity index (χ4v) is 3.71. The zero-order valence-electron chi connectivity index (χ0n) is 16.5. The average molecular weight is 398 g/mol. The number of hydrogen-bond acceptors (Lipinski definition) is 5. The van der Waals surface area contributed by atoms with E-state index >= 15 is 0 Å². The average Bonchev–Trinajstić information content (AvgIpc) is 3.37. The Hall–Kier alpha value is -3.63. The Labute approximate surface area is 164 Å². The van der Waals surface area contributed by atoms with Crippen molar-refractivity contribution in [2.75, 3.05) is 0 Å². The molecule has 0 unspecified atom stereocenters. The van der Waals surface area contributed by atoms with E-state index in [-0.39, 0.29) is 11.2 Å². The molecule has 0 aromatic carbocycles. The lowest BCUT2D eigenvalue weighted by Crippen LogP contribution is -2.42. The van der Waals surface area contributed by atoms with Crippen LogP contribution in [0.25, 0.3) is 16.9 Å².